The Labute approximate surface area is 171 Å². The van der Waals surface area contributed by atoms with Crippen molar-refractivity contribution in [2.24, 2.45) is 34.5 Å². The van der Waals surface area contributed by atoms with Gasteiger partial charge in [-0.1, -0.05) is 25.8 Å². The van der Waals surface area contributed by atoms with Crippen molar-refractivity contribution in [3.05, 3.63) is 11.6 Å². The highest BCUT2D eigenvalue weighted by Gasteiger charge is 2.60. The Morgan fingerprint density at radius 2 is 1.86 bits per heavy atom. The molecule has 7 unspecified atom stereocenters. The van der Waals surface area contributed by atoms with Crippen LogP contribution in [0.2, 0.25) is 0 Å². The lowest BCUT2D eigenvalue weighted by Gasteiger charge is -2.57. The van der Waals surface area contributed by atoms with Crippen LogP contribution in [0.1, 0.15) is 91.9 Å². The lowest BCUT2D eigenvalue weighted by atomic mass is 9.47. The van der Waals surface area contributed by atoms with Crippen LogP contribution in [0.25, 0.3) is 0 Å². The van der Waals surface area contributed by atoms with Gasteiger partial charge in [-0.3, -0.25) is 4.79 Å². The second-order valence-corrected chi connectivity index (χ2v) is 11.6. The molecule has 0 bridgehead atoms. The van der Waals surface area contributed by atoms with Gasteiger partial charge in [-0.15, -0.1) is 0 Å². The molecule has 0 heterocycles. The van der Waals surface area contributed by atoms with E-state index in [0.717, 1.165) is 32.1 Å². The third-order valence-corrected chi connectivity index (χ3v) is 9.46. The van der Waals surface area contributed by atoms with Crippen molar-refractivity contribution in [1.29, 1.82) is 0 Å². The molecular weight excluding hydrogens is 348 g/mol. The number of hydrogen-bond donors (Lipinski definition) is 2. The van der Waals surface area contributed by atoms with Crippen molar-refractivity contribution >= 4 is 5.78 Å². The van der Waals surface area contributed by atoms with E-state index >= 15 is 0 Å². The van der Waals surface area contributed by atoms with Crippen molar-refractivity contribution < 1.29 is 15.0 Å². The minimum Gasteiger partial charge on any atom is -0.393 e. The van der Waals surface area contributed by atoms with Crippen LogP contribution in [0.5, 0.6) is 0 Å². The van der Waals surface area contributed by atoms with Crippen LogP contribution >= 0.6 is 0 Å². The number of hydrogen-bond acceptors (Lipinski definition) is 3. The quantitative estimate of drug-likeness (QED) is 0.709. The Morgan fingerprint density at radius 3 is 2.57 bits per heavy atom. The monoisotopic (exact) mass is 388 g/mol. The first-order chi connectivity index (χ1) is 13.0. The summed E-state index contributed by atoms with van der Waals surface area (Å²) in [5.41, 5.74) is 1.07. The number of fused-ring (bicyclic) bond motifs is 5. The van der Waals surface area contributed by atoms with Crippen LogP contribution in [0.4, 0.5) is 0 Å². The van der Waals surface area contributed by atoms with E-state index in [-0.39, 0.29) is 22.9 Å². The average Bonchev–Trinajstić information content (AvgIpc) is 2.92. The molecule has 3 nitrogen and oxygen atoms in total. The minimum atomic E-state index is -0.572. The summed E-state index contributed by atoms with van der Waals surface area (Å²) in [6, 6.07) is 0. The van der Waals surface area contributed by atoms with Crippen LogP contribution < -0.4 is 0 Å². The van der Waals surface area contributed by atoms with Crippen LogP contribution in [-0.4, -0.2) is 27.7 Å². The molecule has 28 heavy (non-hydrogen) atoms. The van der Waals surface area contributed by atoms with E-state index in [4.69, 9.17) is 0 Å². The molecule has 7 atom stereocenters. The van der Waals surface area contributed by atoms with Crippen LogP contribution in [-0.2, 0) is 4.79 Å². The molecule has 0 aliphatic heterocycles. The second-order valence-electron chi connectivity index (χ2n) is 11.6. The molecule has 3 saturated carbocycles. The summed E-state index contributed by atoms with van der Waals surface area (Å²) in [6.45, 7) is 8.66. The average molecular weight is 389 g/mol. The fourth-order valence-electron chi connectivity index (χ4n) is 7.75. The standard InChI is InChI=1S/C25H40O3/c1-23(2,28)11-5-6-16-7-8-19-22-20(10-13-24(16,19)3)25(4)12-9-18(26)14-17(25)15-21(22)27/h15-16,18-20,22,26,28H,5-14H2,1-4H3. The Bertz CT molecular complexity index is 659. The number of rotatable bonds is 4. The fourth-order valence-corrected chi connectivity index (χ4v) is 7.75. The molecule has 4 aliphatic rings. The Balaban J connectivity index is 1.54. The molecule has 0 amide bonds. The van der Waals surface area contributed by atoms with Gasteiger partial charge in [0.1, 0.15) is 0 Å². The third kappa shape index (κ3) is 3.31. The molecule has 4 rings (SSSR count). The van der Waals surface area contributed by atoms with Crippen molar-refractivity contribution in [3.8, 4) is 0 Å². The van der Waals surface area contributed by atoms with E-state index in [2.05, 4.69) is 13.8 Å². The molecule has 0 aromatic carbocycles. The van der Waals surface area contributed by atoms with E-state index in [1.54, 1.807) is 0 Å². The molecule has 0 radical (unpaired) electrons. The van der Waals surface area contributed by atoms with E-state index < -0.39 is 5.60 Å². The van der Waals surface area contributed by atoms with Crippen molar-refractivity contribution in [2.45, 2.75) is 104 Å². The number of aliphatic hydroxyl groups is 2. The summed E-state index contributed by atoms with van der Waals surface area (Å²) >= 11 is 0. The summed E-state index contributed by atoms with van der Waals surface area (Å²) in [5, 5.41) is 20.2. The largest absolute Gasteiger partial charge is 0.393 e. The first-order valence-electron chi connectivity index (χ1n) is 11.7. The Kier molecular flexibility index (Phi) is 5.11. The van der Waals surface area contributed by atoms with Crippen LogP contribution in [0.15, 0.2) is 11.6 Å². The predicted octanol–water partition coefficient (Wildman–Crippen LogP) is 5.05. The normalized spacial score (nSPS) is 45.9. The molecule has 0 aromatic rings. The maximum Gasteiger partial charge on any atom is 0.159 e. The lowest BCUT2D eigenvalue weighted by Crippen LogP contribution is -2.53. The maximum absolute atomic E-state index is 13.3. The fraction of sp³-hybridized carbons (Fsp3) is 0.880. The van der Waals surface area contributed by atoms with Crippen molar-refractivity contribution in [3.63, 3.8) is 0 Å². The molecule has 0 aromatic heterocycles. The van der Waals surface area contributed by atoms with E-state index in [1.165, 1.54) is 31.3 Å². The van der Waals surface area contributed by atoms with Crippen LogP contribution in [0.3, 0.4) is 0 Å². The zero-order valence-electron chi connectivity index (χ0n) is 18.3. The van der Waals surface area contributed by atoms with Gasteiger partial charge in [-0.05, 0) is 106 Å². The lowest BCUT2D eigenvalue weighted by molar-refractivity contribution is -0.134. The molecule has 4 aliphatic carbocycles. The van der Waals surface area contributed by atoms with Gasteiger partial charge >= 0.3 is 0 Å². The SMILES string of the molecule is CC(C)(O)CCCC1CCC2C3C(=O)C=C4CC(O)CCC4(C)C3CCC12C. The topological polar surface area (TPSA) is 57.5 Å². The third-order valence-electron chi connectivity index (χ3n) is 9.46. The Hall–Kier alpha value is -0.670. The molecule has 3 heteroatoms. The highest BCUT2D eigenvalue weighted by atomic mass is 16.3. The number of carbonyl (C=O) groups is 1. The van der Waals surface area contributed by atoms with Gasteiger partial charge in [0, 0.05) is 5.92 Å². The summed E-state index contributed by atoms with van der Waals surface area (Å²) in [4.78, 5) is 13.3. The zero-order valence-corrected chi connectivity index (χ0v) is 18.3. The molecule has 2 N–H and O–H groups in total. The van der Waals surface area contributed by atoms with Gasteiger partial charge in [-0.2, -0.15) is 0 Å². The highest BCUT2D eigenvalue weighted by molar-refractivity contribution is 5.94. The first kappa shape index (κ1) is 20.6. The van der Waals surface area contributed by atoms with E-state index in [9.17, 15) is 15.0 Å². The van der Waals surface area contributed by atoms with Crippen LogP contribution in [0, 0.1) is 34.5 Å². The number of aliphatic hydroxyl groups excluding tert-OH is 1. The van der Waals surface area contributed by atoms with Crippen molar-refractivity contribution in [2.75, 3.05) is 0 Å². The minimum absolute atomic E-state index is 0.123. The summed E-state index contributed by atoms with van der Waals surface area (Å²) in [7, 11) is 0. The van der Waals surface area contributed by atoms with Gasteiger partial charge in [-0.25, -0.2) is 0 Å². The highest BCUT2D eigenvalue weighted by Crippen LogP contribution is 2.66. The van der Waals surface area contributed by atoms with Gasteiger partial charge in [0.2, 0.25) is 0 Å². The van der Waals surface area contributed by atoms with Gasteiger partial charge in [0.25, 0.3) is 0 Å². The van der Waals surface area contributed by atoms with Crippen molar-refractivity contribution in [1.82, 2.24) is 0 Å². The van der Waals surface area contributed by atoms with Gasteiger partial charge in [0.15, 0.2) is 5.78 Å². The predicted molar refractivity (Wildman–Crippen MR) is 112 cm³/mol. The van der Waals surface area contributed by atoms with Gasteiger partial charge < -0.3 is 10.2 Å². The number of ketones is 1. The molecular formula is C25H40O3. The van der Waals surface area contributed by atoms with E-state index in [1.807, 2.05) is 19.9 Å². The van der Waals surface area contributed by atoms with Gasteiger partial charge in [0.05, 0.1) is 11.7 Å². The zero-order chi connectivity index (χ0) is 20.3. The smallest absolute Gasteiger partial charge is 0.159 e. The first-order valence-corrected chi connectivity index (χ1v) is 11.7. The number of allylic oxidation sites excluding steroid dienone is 1. The second kappa shape index (κ2) is 6.94. The molecule has 0 spiro atoms. The number of carbonyl (C=O) groups excluding carboxylic acids is 1. The molecule has 0 saturated heterocycles. The summed E-state index contributed by atoms with van der Waals surface area (Å²) in [6.07, 6.45) is 12.3. The Morgan fingerprint density at radius 1 is 1.11 bits per heavy atom. The molecule has 3 fully saturated rings. The van der Waals surface area contributed by atoms with E-state index in [0.29, 0.717) is 30.0 Å². The maximum atomic E-state index is 13.3. The summed E-state index contributed by atoms with van der Waals surface area (Å²) < 4.78 is 0. The summed E-state index contributed by atoms with van der Waals surface area (Å²) in [5.74, 6) is 2.25. The molecule has 158 valence electrons.